The SMILES string of the molecule is CCCOCCCNC(=O)C1COCC1NC. The molecule has 0 bridgehead atoms. The molecule has 100 valence electrons. The van der Waals surface area contributed by atoms with Gasteiger partial charge in [0, 0.05) is 25.8 Å². The molecule has 0 aromatic heterocycles. The van der Waals surface area contributed by atoms with Crippen LogP contribution in [0.25, 0.3) is 0 Å². The van der Waals surface area contributed by atoms with Crippen molar-refractivity contribution in [2.75, 3.05) is 40.0 Å². The number of carbonyl (C=O) groups excluding carboxylic acids is 1. The van der Waals surface area contributed by atoms with E-state index in [9.17, 15) is 4.79 Å². The number of hydrogen-bond donors (Lipinski definition) is 2. The van der Waals surface area contributed by atoms with Crippen LogP contribution in [0.4, 0.5) is 0 Å². The summed E-state index contributed by atoms with van der Waals surface area (Å²) in [6, 6.07) is 0.145. The van der Waals surface area contributed by atoms with E-state index in [1.807, 2.05) is 7.05 Å². The number of carbonyl (C=O) groups is 1. The zero-order valence-corrected chi connectivity index (χ0v) is 10.8. The molecule has 0 spiro atoms. The Bertz CT molecular complexity index is 224. The highest BCUT2D eigenvalue weighted by Gasteiger charge is 2.32. The van der Waals surface area contributed by atoms with Gasteiger partial charge in [-0.15, -0.1) is 0 Å². The molecule has 1 saturated heterocycles. The van der Waals surface area contributed by atoms with Crippen LogP contribution in [0.5, 0.6) is 0 Å². The molecule has 5 heteroatoms. The lowest BCUT2D eigenvalue weighted by molar-refractivity contribution is -0.125. The van der Waals surface area contributed by atoms with E-state index in [0.717, 1.165) is 19.4 Å². The van der Waals surface area contributed by atoms with Crippen LogP contribution < -0.4 is 10.6 Å². The van der Waals surface area contributed by atoms with Crippen molar-refractivity contribution in [2.24, 2.45) is 5.92 Å². The van der Waals surface area contributed by atoms with Gasteiger partial charge in [0.25, 0.3) is 0 Å². The summed E-state index contributed by atoms with van der Waals surface area (Å²) in [7, 11) is 1.86. The van der Waals surface area contributed by atoms with Gasteiger partial charge in [-0.3, -0.25) is 4.79 Å². The summed E-state index contributed by atoms with van der Waals surface area (Å²) in [4.78, 5) is 11.8. The van der Waals surface area contributed by atoms with Crippen LogP contribution in [0.2, 0.25) is 0 Å². The number of hydrogen-bond acceptors (Lipinski definition) is 4. The number of rotatable bonds is 8. The molecule has 1 aliphatic heterocycles. The molecule has 5 nitrogen and oxygen atoms in total. The van der Waals surface area contributed by atoms with Crippen molar-refractivity contribution in [1.82, 2.24) is 10.6 Å². The molecule has 1 aliphatic rings. The zero-order chi connectivity index (χ0) is 12.5. The van der Waals surface area contributed by atoms with E-state index in [4.69, 9.17) is 9.47 Å². The van der Waals surface area contributed by atoms with E-state index < -0.39 is 0 Å². The summed E-state index contributed by atoms with van der Waals surface area (Å²) in [5, 5.41) is 6.03. The van der Waals surface area contributed by atoms with E-state index in [-0.39, 0.29) is 17.9 Å². The Kier molecular flexibility index (Phi) is 7.16. The fourth-order valence-electron chi connectivity index (χ4n) is 1.86. The maximum absolute atomic E-state index is 11.8. The lowest BCUT2D eigenvalue weighted by atomic mass is 10.0. The van der Waals surface area contributed by atoms with Crippen molar-refractivity contribution in [3.8, 4) is 0 Å². The first kappa shape index (κ1) is 14.4. The maximum atomic E-state index is 11.8. The van der Waals surface area contributed by atoms with Gasteiger partial charge in [0.2, 0.25) is 5.91 Å². The summed E-state index contributed by atoms with van der Waals surface area (Å²) < 4.78 is 10.6. The van der Waals surface area contributed by atoms with Crippen molar-refractivity contribution < 1.29 is 14.3 Å². The molecular weight excluding hydrogens is 220 g/mol. The van der Waals surface area contributed by atoms with E-state index in [1.165, 1.54) is 0 Å². The van der Waals surface area contributed by atoms with Gasteiger partial charge in [-0.25, -0.2) is 0 Å². The van der Waals surface area contributed by atoms with Crippen LogP contribution in [0.1, 0.15) is 19.8 Å². The Morgan fingerprint density at radius 1 is 1.41 bits per heavy atom. The summed E-state index contributed by atoms with van der Waals surface area (Å²) in [5.41, 5.74) is 0. The highest BCUT2D eigenvalue weighted by molar-refractivity contribution is 5.79. The van der Waals surface area contributed by atoms with Gasteiger partial charge in [-0.05, 0) is 19.9 Å². The summed E-state index contributed by atoms with van der Waals surface area (Å²) >= 11 is 0. The molecule has 1 rings (SSSR count). The Hall–Kier alpha value is -0.650. The second-order valence-corrected chi connectivity index (χ2v) is 4.30. The molecule has 1 heterocycles. The Morgan fingerprint density at radius 2 is 2.24 bits per heavy atom. The highest BCUT2D eigenvalue weighted by Crippen LogP contribution is 2.13. The van der Waals surface area contributed by atoms with E-state index >= 15 is 0 Å². The zero-order valence-electron chi connectivity index (χ0n) is 10.8. The van der Waals surface area contributed by atoms with E-state index in [1.54, 1.807) is 0 Å². The Labute approximate surface area is 103 Å². The van der Waals surface area contributed by atoms with Crippen LogP contribution in [0.15, 0.2) is 0 Å². The summed E-state index contributed by atoms with van der Waals surface area (Å²) in [5.74, 6) is 0.0221. The molecule has 0 aromatic carbocycles. The van der Waals surface area contributed by atoms with Gasteiger partial charge in [-0.2, -0.15) is 0 Å². The first-order valence-corrected chi connectivity index (χ1v) is 6.40. The van der Waals surface area contributed by atoms with E-state index in [2.05, 4.69) is 17.6 Å². The summed E-state index contributed by atoms with van der Waals surface area (Å²) in [6.07, 6.45) is 1.90. The molecule has 2 atom stereocenters. The standard InChI is InChI=1S/C12H24N2O3/c1-3-6-16-7-4-5-14-12(15)10-8-17-9-11(10)13-2/h10-11,13H,3-9H2,1-2H3,(H,14,15). The summed E-state index contributed by atoms with van der Waals surface area (Å²) in [6.45, 7) is 5.41. The molecule has 2 unspecified atom stereocenters. The Morgan fingerprint density at radius 3 is 2.94 bits per heavy atom. The predicted octanol–water partition coefficient (Wildman–Crippen LogP) is 0.154. The minimum absolute atomic E-state index is 0.0587. The van der Waals surface area contributed by atoms with Crippen molar-refractivity contribution >= 4 is 5.91 Å². The molecule has 0 saturated carbocycles. The minimum Gasteiger partial charge on any atom is -0.381 e. The molecule has 0 aliphatic carbocycles. The molecule has 1 fully saturated rings. The number of amides is 1. The third-order valence-corrected chi connectivity index (χ3v) is 2.90. The quantitative estimate of drug-likeness (QED) is 0.597. The number of likely N-dealkylation sites (N-methyl/N-ethyl adjacent to an activating group) is 1. The molecule has 0 radical (unpaired) electrons. The smallest absolute Gasteiger partial charge is 0.227 e. The fraction of sp³-hybridized carbons (Fsp3) is 0.917. The highest BCUT2D eigenvalue weighted by atomic mass is 16.5. The normalized spacial score (nSPS) is 23.9. The third kappa shape index (κ3) is 5.02. The lowest BCUT2D eigenvalue weighted by Gasteiger charge is -2.16. The predicted molar refractivity (Wildman–Crippen MR) is 65.9 cm³/mol. The molecule has 17 heavy (non-hydrogen) atoms. The second kappa shape index (κ2) is 8.44. The molecule has 0 aromatic rings. The van der Waals surface area contributed by atoms with Gasteiger partial charge in [0.15, 0.2) is 0 Å². The second-order valence-electron chi connectivity index (χ2n) is 4.30. The van der Waals surface area contributed by atoms with Crippen molar-refractivity contribution in [3.63, 3.8) is 0 Å². The average Bonchev–Trinajstić information content (AvgIpc) is 2.81. The first-order chi connectivity index (χ1) is 8.29. The van der Waals surface area contributed by atoms with Gasteiger partial charge in [-0.1, -0.05) is 6.92 Å². The van der Waals surface area contributed by atoms with Gasteiger partial charge in [0.05, 0.1) is 19.1 Å². The lowest BCUT2D eigenvalue weighted by Crippen LogP contribution is -2.42. The molecule has 1 amide bonds. The van der Waals surface area contributed by atoms with Crippen LogP contribution in [0.3, 0.4) is 0 Å². The van der Waals surface area contributed by atoms with Crippen molar-refractivity contribution in [3.05, 3.63) is 0 Å². The van der Waals surface area contributed by atoms with Crippen LogP contribution in [-0.4, -0.2) is 52.0 Å². The number of nitrogens with one attached hydrogen (secondary N) is 2. The maximum Gasteiger partial charge on any atom is 0.227 e. The fourth-order valence-corrected chi connectivity index (χ4v) is 1.86. The van der Waals surface area contributed by atoms with Crippen LogP contribution in [0, 0.1) is 5.92 Å². The average molecular weight is 244 g/mol. The number of ether oxygens (including phenoxy) is 2. The Balaban J connectivity index is 2.08. The van der Waals surface area contributed by atoms with Gasteiger partial charge < -0.3 is 20.1 Å². The topological polar surface area (TPSA) is 59.6 Å². The van der Waals surface area contributed by atoms with Crippen molar-refractivity contribution in [2.45, 2.75) is 25.8 Å². The first-order valence-electron chi connectivity index (χ1n) is 6.40. The largest absolute Gasteiger partial charge is 0.381 e. The van der Waals surface area contributed by atoms with Crippen molar-refractivity contribution in [1.29, 1.82) is 0 Å². The van der Waals surface area contributed by atoms with E-state index in [0.29, 0.717) is 26.4 Å². The molecule has 2 N–H and O–H groups in total. The third-order valence-electron chi connectivity index (χ3n) is 2.90. The van der Waals surface area contributed by atoms with Gasteiger partial charge in [0.1, 0.15) is 0 Å². The monoisotopic (exact) mass is 244 g/mol. The minimum atomic E-state index is -0.0587. The van der Waals surface area contributed by atoms with Crippen LogP contribution >= 0.6 is 0 Å². The molecular formula is C12H24N2O3. The van der Waals surface area contributed by atoms with Crippen LogP contribution in [-0.2, 0) is 14.3 Å². The van der Waals surface area contributed by atoms with Gasteiger partial charge >= 0.3 is 0 Å².